The van der Waals surface area contributed by atoms with Crippen molar-refractivity contribution in [3.05, 3.63) is 6.33 Å². The number of carbonyl (C=O) groups excluding carboxylic acids is 1. The minimum absolute atomic E-state index is 0.0492. The highest BCUT2D eigenvalue weighted by atomic mass is 32.2. The molecule has 0 bridgehead atoms. The lowest BCUT2D eigenvalue weighted by atomic mass is 10.1. The van der Waals surface area contributed by atoms with E-state index >= 15 is 0 Å². The van der Waals surface area contributed by atoms with E-state index in [9.17, 15) is 4.79 Å². The third-order valence-electron chi connectivity index (χ3n) is 2.77. The van der Waals surface area contributed by atoms with Crippen molar-refractivity contribution < 1.29 is 9.53 Å². The van der Waals surface area contributed by atoms with Crippen LogP contribution in [0.5, 0.6) is 0 Å². The van der Waals surface area contributed by atoms with Crippen molar-refractivity contribution >= 4 is 23.6 Å². The van der Waals surface area contributed by atoms with Crippen LogP contribution in [0.15, 0.2) is 6.33 Å². The van der Waals surface area contributed by atoms with Gasteiger partial charge in [-0.1, -0.05) is 0 Å². The normalized spacial score (nSPS) is 19.7. The van der Waals surface area contributed by atoms with Crippen LogP contribution < -0.4 is 5.32 Å². The summed E-state index contributed by atoms with van der Waals surface area (Å²) in [4.78, 5) is 15.6. The Hall–Kier alpha value is -1.08. The zero-order chi connectivity index (χ0) is 12.8. The molecule has 0 aliphatic carbocycles. The predicted molar refractivity (Wildman–Crippen MR) is 70.5 cm³/mol. The lowest BCUT2D eigenvalue weighted by Crippen LogP contribution is -2.23. The van der Waals surface area contributed by atoms with Gasteiger partial charge in [-0.3, -0.25) is 10.1 Å². The number of nitrogens with one attached hydrogen (secondary N) is 1. The molecule has 18 heavy (non-hydrogen) atoms. The maximum Gasteiger partial charge on any atom is 0.236 e. The molecular formula is C11H18N4O2S. The van der Waals surface area contributed by atoms with Crippen molar-refractivity contribution in [1.82, 2.24) is 14.8 Å². The molecule has 100 valence electrons. The number of ether oxygens (including phenoxy) is 1. The van der Waals surface area contributed by atoms with Gasteiger partial charge in [0.25, 0.3) is 0 Å². The van der Waals surface area contributed by atoms with Crippen LogP contribution >= 0.6 is 11.8 Å². The molecule has 0 aromatic carbocycles. The molecule has 0 radical (unpaired) electrons. The molecule has 2 heterocycles. The molecule has 1 amide bonds. The van der Waals surface area contributed by atoms with Gasteiger partial charge in [-0.05, 0) is 19.3 Å². The van der Waals surface area contributed by atoms with Crippen LogP contribution in [0.4, 0.5) is 5.95 Å². The van der Waals surface area contributed by atoms with E-state index in [0.717, 1.165) is 25.2 Å². The second-order valence-corrected chi connectivity index (χ2v) is 5.29. The number of thioether (sulfide) groups is 1. The zero-order valence-electron chi connectivity index (χ0n) is 10.5. The monoisotopic (exact) mass is 270 g/mol. The number of nitrogens with zero attached hydrogens (tertiary/aromatic N) is 3. The van der Waals surface area contributed by atoms with Gasteiger partial charge in [0.05, 0.1) is 11.9 Å². The van der Waals surface area contributed by atoms with E-state index in [1.165, 1.54) is 17.4 Å². The van der Waals surface area contributed by atoms with Gasteiger partial charge in [0.1, 0.15) is 6.33 Å². The highest BCUT2D eigenvalue weighted by Gasteiger charge is 2.14. The van der Waals surface area contributed by atoms with Gasteiger partial charge < -0.3 is 4.74 Å². The van der Waals surface area contributed by atoms with Gasteiger partial charge in [-0.25, -0.2) is 4.68 Å². The Morgan fingerprint density at radius 1 is 1.67 bits per heavy atom. The van der Waals surface area contributed by atoms with E-state index in [1.54, 1.807) is 18.8 Å². The van der Waals surface area contributed by atoms with Crippen LogP contribution in [0.25, 0.3) is 0 Å². The first-order valence-corrected chi connectivity index (χ1v) is 7.24. The van der Waals surface area contributed by atoms with Crippen LogP contribution in [-0.4, -0.2) is 44.9 Å². The lowest BCUT2D eigenvalue weighted by molar-refractivity contribution is -0.113. The van der Waals surface area contributed by atoms with E-state index in [2.05, 4.69) is 15.4 Å². The van der Waals surface area contributed by atoms with E-state index in [4.69, 9.17) is 4.74 Å². The molecule has 6 nitrogen and oxygen atoms in total. The molecule has 2 rings (SSSR count). The minimum Gasteiger partial charge on any atom is -0.377 e. The number of hydrogen-bond donors (Lipinski definition) is 1. The topological polar surface area (TPSA) is 69.0 Å². The van der Waals surface area contributed by atoms with Gasteiger partial charge in [-0.15, -0.1) is 11.8 Å². The second-order valence-electron chi connectivity index (χ2n) is 4.26. The molecule has 1 fully saturated rings. The summed E-state index contributed by atoms with van der Waals surface area (Å²) in [5.74, 6) is 1.74. The summed E-state index contributed by atoms with van der Waals surface area (Å²) in [6.07, 6.45) is 5.23. The van der Waals surface area contributed by atoms with Crippen molar-refractivity contribution in [3.8, 4) is 0 Å². The van der Waals surface area contributed by atoms with Crippen LogP contribution in [-0.2, 0) is 16.6 Å². The molecule has 1 saturated heterocycles. The molecule has 1 unspecified atom stereocenters. The summed E-state index contributed by atoms with van der Waals surface area (Å²) >= 11 is 1.60. The molecular weight excluding hydrogens is 252 g/mol. The van der Waals surface area contributed by atoms with E-state index in [0.29, 0.717) is 17.8 Å². The molecule has 1 N–H and O–H groups in total. The molecule has 1 aromatic heterocycles. The van der Waals surface area contributed by atoms with Gasteiger partial charge in [0.15, 0.2) is 0 Å². The molecule has 0 saturated carbocycles. The summed E-state index contributed by atoms with van der Waals surface area (Å²) in [7, 11) is 1.74. The number of aryl methyl sites for hydroxylation is 1. The van der Waals surface area contributed by atoms with Crippen molar-refractivity contribution in [2.24, 2.45) is 7.05 Å². The molecule has 1 aliphatic heterocycles. The Balaban J connectivity index is 1.64. The average Bonchev–Trinajstić information content (AvgIpc) is 2.76. The zero-order valence-corrected chi connectivity index (χ0v) is 11.3. The Labute approximate surface area is 110 Å². The van der Waals surface area contributed by atoms with Crippen molar-refractivity contribution in [2.45, 2.75) is 25.4 Å². The first kappa shape index (κ1) is 13.4. The van der Waals surface area contributed by atoms with Crippen molar-refractivity contribution in [2.75, 3.05) is 23.4 Å². The molecule has 1 aliphatic rings. The fourth-order valence-corrected chi connectivity index (χ4v) is 2.69. The summed E-state index contributed by atoms with van der Waals surface area (Å²) in [5.41, 5.74) is 0. The van der Waals surface area contributed by atoms with Crippen molar-refractivity contribution in [1.29, 1.82) is 0 Å². The third-order valence-corrected chi connectivity index (χ3v) is 3.85. The molecule has 0 spiro atoms. The fraction of sp³-hybridized carbons (Fsp3) is 0.727. The Morgan fingerprint density at radius 3 is 3.22 bits per heavy atom. The SMILES string of the molecule is Cn1ncnc1NC(=O)CSCC1CCCCO1. The minimum atomic E-state index is -0.0492. The summed E-state index contributed by atoms with van der Waals surface area (Å²) in [5, 5.41) is 6.60. The van der Waals surface area contributed by atoms with Gasteiger partial charge in [-0.2, -0.15) is 10.1 Å². The highest BCUT2D eigenvalue weighted by molar-refractivity contribution is 8.00. The van der Waals surface area contributed by atoms with Crippen LogP contribution in [0.2, 0.25) is 0 Å². The number of amides is 1. The standard InChI is InChI=1S/C11H18N4O2S/c1-15-11(12-8-13-15)14-10(16)7-18-6-9-4-2-3-5-17-9/h8-9H,2-7H2,1H3,(H,12,13,14,16). The van der Waals surface area contributed by atoms with Crippen LogP contribution in [0, 0.1) is 0 Å². The molecule has 7 heteroatoms. The smallest absolute Gasteiger partial charge is 0.236 e. The Kier molecular flexibility index (Phi) is 5.00. The molecule has 1 atom stereocenters. The summed E-state index contributed by atoms with van der Waals surface area (Å²) in [6.45, 7) is 0.858. The highest BCUT2D eigenvalue weighted by Crippen LogP contribution is 2.17. The summed E-state index contributed by atoms with van der Waals surface area (Å²) < 4.78 is 7.14. The Bertz CT molecular complexity index is 390. The largest absolute Gasteiger partial charge is 0.377 e. The maximum absolute atomic E-state index is 11.7. The number of anilines is 1. The number of carbonyl (C=O) groups is 1. The van der Waals surface area contributed by atoms with E-state index in [1.807, 2.05) is 0 Å². The quantitative estimate of drug-likeness (QED) is 0.866. The number of rotatable bonds is 5. The van der Waals surface area contributed by atoms with Crippen LogP contribution in [0.1, 0.15) is 19.3 Å². The molecule has 1 aromatic rings. The fourth-order valence-electron chi connectivity index (χ4n) is 1.79. The number of hydrogen-bond acceptors (Lipinski definition) is 5. The van der Waals surface area contributed by atoms with Gasteiger partial charge in [0, 0.05) is 19.4 Å². The van der Waals surface area contributed by atoms with Gasteiger partial charge in [0.2, 0.25) is 11.9 Å². The number of aromatic nitrogens is 3. The average molecular weight is 270 g/mol. The lowest BCUT2D eigenvalue weighted by Gasteiger charge is -2.21. The van der Waals surface area contributed by atoms with Crippen LogP contribution in [0.3, 0.4) is 0 Å². The third kappa shape index (κ3) is 3.99. The first-order valence-electron chi connectivity index (χ1n) is 6.09. The summed E-state index contributed by atoms with van der Waals surface area (Å²) in [6, 6.07) is 0. The van der Waals surface area contributed by atoms with Gasteiger partial charge >= 0.3 is 0 Å². The van der Waals surface area contributed by atoms with E-state index in [-0.39, 0.29) is 5.91 Å². The maximum atomic E-state index is 11.7. The second kappa shape index (κ2) is 6.75. The first-order chi connectivity index (χ1) is 8.75. The van der Waals surface area contributed by atoms with E-state index < -0.39 is 0 Å². The Morgan fingerprint density at radius 2 is 2.56 bits per heavy atom. The van der Waals surface area contributed by atoms with Crippen molar-refractivity contribution in [3.63, 3.8) is 0 Å². The predicted octanol–water partition coefficient (Wildman–Crippen LogP) is 1.06.